The zero-order valence-corrected chi connectivity index (χ0v) is 12.9. The van der Waals surface area contributed by atoms with Crippen LogP contribution in [0.25, 0.3) is 10.8 Å². The van der Waals surface area contributed by atoms with Crippen molar-refractivity contribution in [2.24, 2.45) is 5.73 Å². The highest BCUT2D eigenvalue weighted by Crippen LogP contribution is 2.29. The largest absolute Gasteiger partial charge is 0.320 e. The van der Waals surface area contributed by atoms with Gasteiger partial charge in [-0.05, 0) is 46.5 Å². The first kappa shape index (κ1) is 13.3. The molecule has 0 heterocycles. The van der Waals surface area contributed by atoms with Crippen LogP contribution >= 0.6 is 15.9 Å². The van der Waals surface area contributed by atoms with E-state index in [0.29, 0.717) is 0 Å². The Labute approximate surface area is 127 Å². The molecule has 0 fully saturated rings. The van der Waals surface area contributed by atoms with Crippen LogP contribution in [0.5, 0.6) is 0 Å². The molecule has 0 aliphatic heterocycles. The molecule has 2 heteroatoms. The summed E-state index contributed by atoms with van der Waals surface area (Å²) in [7, 11) is 0. The molecule has 3 aromatic carbocycles. The summed E-state index contributed by atoms with van der Waals surface area (Å²) in [5, 5.41) is 2.51. The van der Waals surface area contributed by atoms with Gasteiger partial charge in [0.2, 0.25) is 0 Å². The average Bonchev–Trinajstić information content (AvgIpc) is 2.48. The average molecular weight is 326 g/mol. The lowest BCUT2D eigenvalue weighted by Gasteiger charge is -2.16. The molecule has 3 aromatic rings. The molecule has 0 amide bonds. The van der Waals surface area contributed by atoms with Crippen LogP contribution in [0.15, 0.2) is 65.1 Å². The Kier molecular flexibility index (Phi) is 3.60. The molecule has 0 saturated carbocycles. The predicted octanol–water partition coefficient (Wildman–Crippen LogP) is 4.96. The number of halogens is 1. The highest BCUT2D eigenvalue weighted by Gasteiger charge is 2.12. The second-order valence-corrected chi connectivity index (χ2v) is 5.96. The first-order valence-electron chi connectivity index (χ1n) is 6.66. The second-order valence-electron chi connectivity index (χ2n) is 5.05. The van der Waals surface area contributed by atoms with Gasteiger partial charge in [-0.15, -0.1) is 0 Å². The fourth-order valence-electron chi connectivity index (χ4n) is 2.59. The van der Waals surface area contributed by atoms with Crippen LogP contribution in [0, 0.1) is 6.92 Å². The highest BCUT2D eigenvalue weighted by atomic mass is 79.9. The number of aryl methyl sites for hydroxylation is 1. The molecule has 0 radical (unpaired) electrons. The van der Waals surface area contributed by atoms with Gasteiger partial charge in [0.05, 0.1) is 6.04 Å². The maximum absolute atomic E-state index is 6.47. The van der Waals surface area contributed by atoms with Gasteiger partial charge in [0.1, 0.15) is 0 Å². The Hall–Kier alpha value is -1.64. The molecule has 0 aliphatic rings. The molecule has 20 heavy (non-hydrogen) atoms. The number of nitrogens with two attached hydrogens (primary N) is 1. The van der Waals surface area contributed by atoms with Gasteiger partial charge in [0, 0.05) is 4.47 Å². The molecular weight excluding hydrogens is 310 g/mol. The normalized spacial score (nSPS) is 12.6. The number of fused-ring (bicyclic) bond motifs is 1. The molecule has 1 nitrogen and oxygen atoms in total. The van der Waals surface area contributed by atoms with Gasteiger partial charge in [0.25, 0.3) is 0 Å². The van der Waals surface area contributed by atoms with Crippen LogP contribution in [0.1, 0.15) is 22.7 Å². The molecule has 3 rings (SSSR count). The van der Waals surface area contributed by atoms with Gasteiger partial charge in [-0.2, -0.15) is 0 Å². The van der Waals surface area contributed by atoms with E-state index < -0.39 is 0 Å². The van der Waals surface area contributed by atoms with Crippen LogP contribution < -0.4 is 5.73 Å². The fraction of sp³-hybridized carbons (Fsp3) is 0.111. The van der Waals surface area contributed by atoms with Crippen molar-refractivity contribution in [2.75, 3.05) is 0 Å². The molecule has 0 spiro atoms. The zero-order valence-electron chi connectivity index (χ0n) is 11.3. The molecule has 0 aliphatic carbocycles. The van der Waals surface area contributed by atoms with Crippen molar-refractivity contribution in [3.63, 3.8) is 0 Å². The van der Waals surface area contributed by atoms with Crippen LogP contribution in [0.4, 0.5) is 0 Å². The van der Waals surface area contributed by atoms with Crippen LogP contribution in [0.2, 0.25) is 0 Å². The van der Waals surface area contributed by atoms with Gasteiger partial charge in [-0.3, -0.25) is 0 Å². The third kappa shape index (κ3) is 2.37. The van der Waals surface area contributed by atoms with E-state index in [0.717, 1.165) is 10.0 Å². The minimum absolute atomic E-state index is 0.103. The highest BCUT2D eigenvalue weighted by molar-refractivity contribution is 9.10. The molecule has 2 N–H and O–H groups in total. The molecule has 1 atom stereocenters. The number of benzene rings is 3. The molecule has 1 unspecified atom stereocenters. The second kappa shape index (κ2) is 5.39. The lowest BCUT2D eigenvalue weighted by molar-refractivity contribution is 0.880. The maximum Gasteiger partial charge on any atom is 0.0557 e. The monoisotopic (exact) mass is 325 g/mol. The van der Waals surface area contributed by atoms with Gasteiger partial charge in [-0.25, -0.2) is 0 Å². The topological polar surface area (TPSA) is 26.0 Å². The molecule has 0 bridgehead atoms. The van der Waals surface area contributed by atoms with Crippen molar-refractivity contribution in [1.82, 2.24) is 0 Å². The van der Waals surface area contributed by atoms with Crippen molar-refractivity contribution < 1.29 is 0 Å². The zero-order chi connectivity index (χ0) is 14.1. The minimum atomic E-state index is -0.103. The molecule has 100 valence electrons. The first-order valence-corrected chi connectivity index (χ1v) is 7.45. The number of hydrogen-bond donors (Lipinski definition) is 1. The van der Waals surface area contributed by atoms with E-state index in [4.69, 9.17) is 5.73 Å². The summed E-state index contributed by atoms with van der Waals surface area (Å²) < 4.78 is 1.07. The Morgan fingerprint density at radius 2 is 1.50 bits per heavy atom. The van der Waals surface area contributed by atoms with Gasteiger partial charge >= 0.3 is 0 Å². The quantitative estimate of drug-likeness (QED) is 0.708. The van der Waals surface area contributed by atoms with Crippen LogP contribution in [-0.2, 0) is 0 Å². The summed E-state index contributed by atoms with van der Waals surface area (Å²) in [5.74, 6) is 0. The van der Waals surface area contributed by atoms with Gasteiger partial charge in [-0.1, -0.05) is 64.5 Å². The smallest absolute Gasteiger partial charge is 0.0557 e. The van der Waals surface area contributed by atoms with Crippen molar-refractivity contribution in [3.05, 3.63) is 81.8 Å². The summed E-state index contributed by atoms with van der Waals surface area (Å²) in [5.41, 5.74) is 10.1. The van der Waals surface area contributed by atoms with Crippen LogP contribution in [0.3, 0.4) is 0 Å². The Morgan fingerprint density at radius 1 is 0.850 bits per heavy atom. The summed E-state index contributed by atoms with van der Waals surface area (Å²) in [6.07, 6.45) is 0. The fourth-order valence-corrected chi connectivity index (χ4v) is 2.86. The van der Waals surface area contributed by atoms with E-state index >= 15 is 0 Å². The third-order valence-electron chi connectivity index (χ3n) is 3.74. The Morgan fingerprint density at radius 3 is 2.20 bits per heavy atom. The van der Waals surface area contributed by atoms with E-state index in [-0.39, 0.29) is 6.04 Å². The van der Waals surface area contributed by atoms with Crippen molar-refractivity contribution in [1.29, 1.82) is 0 Å². The Balaban J connectivity index is 2.14. The summed E-state index contributed by atoms with van der Waals surface area (Å²) in [6, 6.07) is 20.8. The van der Waals surface area contributed by atoms with E-state index in [2.05, 4.69) is 71.4 Å². The third-order valence-corrected chi connectivity index (χ3v) is 4.27. The minimum Gasteiger partial charge on any atom is -0.320 e. The molecule has 0 saturated heterocycles. The summed E-state index contributed by atoms with van der Waals surface area (Å²) >= 11 is 3.46. The standard InChI is InChI=1S/C18H16BrN/c1-12-6-11-17(16-5-3-2-4-15(12)16)18(20)13-7-9-14(19)10-8-13/h2-11,18H,20H2,1H3. The van der Waals surface area contributed by atoms with E-state index in [1.54, 1.807) is 0 Å². The van der Waals surface area contributed by atoms with E-state index in [1.807, 2.05) is 12.1 Å². The van der Waals surface area contributed by atoms with Crippen molar-refractivity contribution in [3.8, 4) is 0 Å². The number of rotatable bonds is 2. The maximum atomic E-state index is 6.47. The van der Waals surface area contributed by atoms with Crippen LogP contribution in [-0.4, -0.2) is 0 Å². The van der Waals surface area contributed by atoms with Gasteiger partial charge in [0.15, 0.2) is 0 Å². The van der Waals surface area contributed by atoms with Crippen molar-refractivity contribution >= 4 is 26.7 Å². The summed E-state index contributed by atoms with van der Waals surface area (Å²) in [6.45, 7) is 2.14. The predicted molar refractivity (Wildman–Crippen MR) is 88.9 cm³/mol. The lowest BCUT2D eigenvalue weighted by Crippen LogP contribution is -2.12. The summed E-state index contributed by atoms with van der Waals surface area (Å²) in [4.78, 5) is 0. The lowest BCUT2D eigenvalue weighted by atomic mass is 9.92. The van der Waals surface area contributed by atoms with E-state index in [9.17, 15) is 0 Å². The Bertz CT molecular complexity index is 747. The number of hydrogen-bond acceptors (Lipinski definition) is 1. The first-order chi connectivity index (χ1) is 9.66. The SMILES string of the molecule is Cc1ccc(C(N)c2ccc(Br)cc2)c2ccccc12. The molecular formula is C18H16BrN. The van der Waals surface area contributed by atoms with E-state index in [1.165, 1.54) is 21.9 Å². The molecule has 0 aromatic heterocycles. The van der Waals surface area contributed by atoms with Crippen molar-refractivity contribution in [2.45, 2.75) is 13.0 Å². The van der Waals surface area contributed by atoms with Gasteiger partial charge < -0.3 is 5.73 Å².